The normalized spacial score (nSPS) is 26.2. The van der Waals surface area contributed by atoms with Crippen LogP contribution in [0.25, 0.3) is 0 Å². The molecule has 0 aromatic heterocycles. The summed E-state index contributed by atoms with van der Waals surface area (Å²) in [7, 11) is 0. The minimum Gasteiger partial charge on any atom is -0.299 e. The molecule has 0 spiro atoms. The standard InChI is InChI=1S/C11H21N/c1-10(2)5-4-7-12-8-6-11(3)9-12/h4-5,10-11H,6-9H2,1-3H3/b5-4+/t11-/m1/s1. The van der Waals surface area contributed by atoms with Crippen molar-refractivity contribution < 1.29 is 0 Å². The van der Waals surface area contributed by atoms with Gasteiger partial charge in [-0.25, -0.2) is 0 Å². The Hall–Kier alpha value is -0.300. The molecule has 0 aromatic rings. The second kappa shape index (κ2) is 4.66. The number of likely N-dealkylation sites (tertiary alicyclic amines) is 1. The summed E-state index contributed by atoms with van der Waals surface area (Å²) in [6, 6.07) is 0. The van der Waals surface area contributed by atoms with Crippen LogP contribution in [-0.2, 0) is 0 Å². The molecule has 1 aliphatic rings. The fourth-order valence-electron chi connectivity index (χ4n) is 1.67. The predicted molar refractivity (Wildman–Crippen MR) is 54.2 cm³/mol. The van der Waals surface area contributed by atoms with Crippen LogP contribution < -0.4 is 0 Å². The number of hydrogen-bond acceptors (Lipinski definition) is 1. The van der Waals surface area contributed by atoms with Gasteiger partial charge >= 0.3 is 0 Å². The Kier molecular flexibility index (Phi) is 3.80. The Morgan fingerprint density at radius 2 is 2.25 bits per heavy atom. The minimum absolute atomic E-state index is 0.699. The van der Waals surface area contributed by atoms with Crippen LogP contribution in [0, 0.1) is 11.8 Å². The Balaban J connectivity index is 2.15. The molecule has 1 saturated heterocycles. The molecule has 0 aromatic carbocycles. The van der Waals surface area contributed by atoms with Gasteiger partial charge in [0.2, 0.25) is 0 Å². The number of hydrogen-bond donors (Lipinski definition) is 0. The maximum absolute atomic E-state index is 2.53. The van der Waals surface area contributed by atoms with E-state index in [0.29, 0.717) is 5.92 Å². The van der Waals surface area contributed by atoms with Crippen molar-refractivity contribution in [2.75, 3.05) is 19.6 Å². The minimum atomic E-state index is 0.699. The second-order valence-electron chi connectivity index (χ2n) is 4.33. The van der Waals surface area contributed by atoms with Gasteiger partial charge in [-0.15, -0.1) is 0 Å². The summed E-state index contributed by atoms with van der Waals surface area (Å²) in [6.45, 7) is 10.5. The molecule has 0 N–H and O–H groups in total. The lowest BCUT2D eigenvalue weighted by molar-refractivity contribution is 0.363. The average molecular weight is 167 g/mol. The molecule has 70 valence electrons. The van der Waals surface area contributed by atoms with Crippen LogP contribution in [0.2, 0.25) is 0 Å². The van der Waals surface area contributed by atoms with E-state index in [4.69, 9.17) is 0 Å². The molecule has 1 aliphatic heterocycles. The van der Waals surface area contributed by atoms with Crippen LogP contribution in [0.1, 0.15) is 27.2 Å². The van der Waals surface area contributed by atoms with E-state index in [1.807, 2.05) is 0 Å². The first-order valence-corrected chi connectivity index (χ1v) is 5.07. The van der Waals surface area contributed by atoms with E-state index in [9.17, 15) is 0 Å². The third kappa shape index (κ3) is 3.40. The van der Waals surface area contributed by atoms with Crippen LogP contribution in [0.4, 0.5) is 0 Å². The zero-order valence-electron chi connectivity index (χ0n) is 8.59. The van der Waals surface area contributed by atoms with E-state index in [1.54, 1.807) is 0 Å². The Bertz CT molecular complexity index is 149. The number of nitrogens with zero attached hydrogens (tertiary/aromatic N) is 1. The molecule has 0 saturated carbocycles. The van der Waals surface area contributed by atoms with Crippen molar-refractivity contribution in [3.05, 3.63) is 12.2 Å². The van der Waals surface area contributed by atoms with Crippen molar-refractivity contribution in [2.24, 2.45) is 11.8 Å². The third-order valence-corrected chi connectivity index (χ3v) is 2.39. The second-order valence-corrected chi connectivity index (χ2v) is 4.33. The lowest BCUT2D eigenvalue weighted by atomic mass is 10.2. The van der Waals surface area contributed by atoms with E-state index in [1.165, 1.54) is 19.5 Å². The van der Waals surface area contributed by atoms with Gasteiger partial charge in [0.05, 0.1) is 0 Å². The number of allylic oxidation sites excluding steroid dienone is 1. The topological polar surface area (TPSA) is 3.24 Å². The highest BCUT2D eigenvalue weighted by molar-refractivity contribution is 4.88. The molecule has 1 nitrogen and oxygen atoms in total. The molecule has 0 radical (unpaired) electrons. The molecule has 0 amide bonds. The van der Waals surface area contributed by atoms with E-state index in [2.05, 4.69) is 37.8 Å². The molecule has 1 atom stereocenters. The molecule has 12 heavy (non-hydrogen) atoms. The SMILES string of the molecule is CC(C)/C=C/CN1CC[C@@H](C)C1. The van der Waals surface area contributed by atoms with E-state index < -0.39 is 0 Å². The highest BCUT2D eigenvalue weighted by Crippen LogP contribution is 2.14. The molecule has 0 unspecified atom stereocenters. The van der Waals surface area contributed by atoms with Gasteiger partial charge in [-0.2, -0.15) is 0 Å². The Morgan fingerprint density at radius 3 is 2.75 bits per heavy atom. The molecule has 0 aliphatic carbocycles. The van der Waals surface area contributed by atoms with Gasteiger partial charge in [-0.1, -0.05) is 32.9 Å². The quantitative estimate of drug-likeness (QED) is 0.584. The molecule has 1 fully saturated rings. The van der Waals surface area contributed by atoms with Crippen LogP contribution in [0.5, 0.6) is 0 Å². The van der Waals surface area contributed by atoms with Crippen LogP contribution in [0.15, 0.2) is 12.2 Å². The molecular weight excluding hydrogens is 146 g/mol. The first kappa shape index (κ1) is 9.79. The first-order chi connectivity index (χ1) is 5.68. The summed E-state index contributed by atoms with van der Waals surface area (Å²) in [6.07, 6.45) is 5.99. The Labute approximate surface area is 76.5 Å². The van der Waals surface area contributed by atoms with Crippen LogP contribution in [0.3, 0.4) is 0 Å². The van der Waals surface area contributed by atoms with E-state index in [-0.39, 0.29) is 0 Å². The van der Waals surface area contributed by atoms with Crippen molar-refractivity contribution in [3.63, 3.8) is 0 Å². The number of rotatable bonds is 3. The van der Waals surface area contributed by atoms with Crippen molar-refractivity contribution in [2.45, 2.75) is 27.2 Å². The molecule has 1 rings (SSSR count). The zero-order chi connectivity index (χ0) is 8.97. The van der Waals surface area contributed by atoms with Gasteiger partial charge in [0.1, 0.15) is 0 Å². The Morgan fingerprint density at radius 1 is 1.50 bits per heavy atom. The predicted octanol–water partition coefficient (Wildman–Crippen LogP) is 2.54. The molecule has 0 bridgehead atoms. The van der Waals surface area contributed by atoms with Gasteiger partial charge in [-0.3, -0.25) is 4.90 Å². The molecule has 1 heterocycles. The highest BCUT2D eigenvalue weighted by atomic mass is 15.1. The fourth-order valence-corrected chi connectivity index (χ4v) is 1.67. The van der Waals surface area contributed by atoms with Gasteiger partial charge in [0.15, 0.2) is 0 Å². The van der Waals surface area contributed by atoms with Gasteiger partial charge in [0, 0.05) is 13.1 Å². The maximum atomic E-state index is 2.53. The fraction of sp³-hybridized carbons (Fsp3) is 0.818. The summed E-state index contributed by atoms with van der Waals surface area (Å²) in [5.74, 6) is 1.61. The largest absolute Gasteiger partial charge is 0.299 e. The van der Waals surface area contributed by atoms with Gasteiger partial charge in [-0.05, 0) is 24.8 Å². The summed E-state index contributed by atoms with van der Waals surface area (Å²) in [5, 5.41) is 0. The average Bonchev–Trinajstić information content (AvgIpc) is 2.35. The van der Waals surface area contributed by atoms with Crippen molar-refractivity contribution in [1.82, 2.24) is 4.90 Å². The van der Waals surface area contributed by atoms with Crippen molar-refractivity contribution >= 4 is 0 Å². The molecule has 1 heteroatoms. The molecular formula is C11H21N. The van der Waals surface area contributed by atoms with Crippen LogP contribution >= 0.6 is 0 Å². The lowest BCUT2D eigenvalue weighted by Gasteiger charge is -2.11. The summed E-state index contributed by atoms with van der Waals surface area (Å²) in [4.78, 5) is 2.53. The summed E-state index contributed by atoms with van der Waals surface area (Å²) < 4.78 is 0. The summed E-state index contributed by atoms with van der Waals surface area (Å²) >= 11 is 0. The van der Waals surface area contributed by atoms with E-state index >= 15 is 0 Å². The smallest absolute Gasteiger partial charge is 0.0163 e. The first-order valence-electron chi connectivity index (χ1n) is 5.07. The van der Waals surface area contributed by atoms with Crippen molar-refractivity contribution in [3.8, 4) is 0 Å². The third-order valence-electron chi connectivity index (χ3n) is 2.39. The van der Waals surface area contributed by atoms with Crippen LogP contribution in [-0.4, -0.2) is 24.5 Å². The maximum Gasteiger partial charge on any atom is 0.0163 e. The van der Waals surface area contributed by atoms with Crippen molar-refractivity contribution in [1.29, 1.82) is 0 Å². The lowest BCUT2D eigenvalue weighted by Crippen LogP contribution is -2.20. The zero-order valence-corrected chi connectivity index (χ0v) is 8.59. The monoisotopic (exact) mass is 167 g/mol. The summed E-state index contributed by atoms with van der Waals surface area (Å²) in [5.41, 5.74) is 0. The highest BCUT2D eigenvalue weighted by Gasteiger charge is 2.16. The van der Waals surface area contributed by atoms with Gasteiger partial charge in [0.25, 0.3) is 0 Å². The van der Waals surface area contributed by atoms with E-state index in [0.717, 1.165) is 12.5 Å². The van der Waals surface area contributed by atoms with Gasteiger partial charge < -0.3 is 0 Å².